The van der Waals surface area contributed by atoms with Gasteiger partial charge in [0, 0.05) is 16.6 Å². The fourth-order valence-corrected chi connectivity index (χ4v) is 1.20. The van der Waals surface area contributed by atoms with Gasteiger partial charge in [-0.15, -0.1) is 0 Å². The molecule has 70 valence electrons. The molecule has 3 heteroatoms. The Labute approximate surface area is 78.4 Å². The second-order valence-electron chi connectivity index (χ2n) is 3.35. The second kappa shape index (κ2) is 5.25. The normalized spacial score (nSPS) is 12.0. The Morgan fingerprint density at radius 1 is 1.50 bits per heavy atom. The number of rotatable bonds is 3. The first-order chi connectivity index (χ1) is 5.45. The molecule has 0 amide bonds. The third kappa shape index (κ3) is 7.66. The second-order valence-corrected chi connectivity index (χ2v) is 5.20. The first kappa shape index (κ1) is 11.6. The summed E-state index contributed by atoms with van der Waals surface area (Å²) in [6.07, 6.45) is 3.28. The number of thioether (sulfide) groups is 1. The van der Waals surface area contributed by atoms with Crippen LogP contribution in [0, 0.1) is 0 Å². The Morgan fingerprint density at radius 2 is 2.08 bits per heavy atom. The van der Waals surface area contributed by atoms with Crippen LogP contribution in [0.4, 0.5) is 0 Å². The van der Waals surface area contributed by atoms with Crippen molar-refractivity contribution < 1.29 is 9.53 Å². The van der Waals surface area contributed by atoms with Crippen LogP contribution in [0.1, 0.15) is 20.8 Å². The molecule has 0 aromatic carbocycles. The summed E-state index contributed by atoms with van der Waals surface area (Å²) in [4.78, 5) is 10.6. The fourth-order valence-electron chi connectivity index (χ4n) is 0.510. The molecule has 0 aliphatic carbocycles. The maximum absolute atomic E-state index is 10.6. The monoisotopic (exact) mass is 188 g/mol. The summed E-state index contributed by atoms with van der Waals surface area (Å²) < 4.78 is 4.70. The van der Waals surface area contributed by atoms with Crippen molar-refractivity contribution in [3.63, 3.8) is 0 Å². The molecule has 0 atom stereocenters. The minimum Gasteiger partial charge on any atom is -0.466 e. The van der Waals surface area contributed by atoms with Crippen LogP contribution in [0.2, 0.25) is 0 Å². The average Bonchev–Trinajstić information content (AvgIpc) is 1.96. The van der Waals surface area contributed by atoms with Crippen molar-refractivity contribution in [1.29, 1.82) is 0 Å². The topological polar surface area (TPSA) is 26.3 Å². The van der Waals surface area contributed by atoms with Crippen LogP contribution in [0.25, 0.3) is 0 Å². The zero-order valence-corrected chi connectivity index (χ0v) is 8.90. The molecule has 0 N–H and O–H groups in total. The van der Waals surface area contributed by atoms with Crippen molar-refractivity contribution in [2.24, 2.45) is 0 Å². The number of carbonyl (C=O) groups excluding carboxylic acids is 1. The number of esters is 1. The molecule has 0 saturated heterocycles. The molecule has 0 fully saturated rings. The molecule has 0 rings (SSSR count). The molecule has 0 bridgehead atoms. The van der Waals surface area contributed by atoms with Gasteiger partial charge in [0.25, 0.3) is 0 Å². The van der Waals surface area contributed by atoms with Gasteiger partial charge in [-0.05, 0) is 0 Å². The highest BCUT2D eigenvalue weighted by Crippen LogP contribution is 2.22. The summed E-state index contributed by atoms with van der Waals surface area (Å²) in [5, 5.41) is 0. The van der Waals surface area contributed by atoms with Gasteiger partial charge in [-0.3, -0.25) is 0 Å². The molecule has 0 aromatic heterocycles. The minimum absolute atomic E-state index is 0.250. The highest BCUT2D eigenvalue weighted by molar-refractivity contribution is 8.00. The lowest BCUT2D eigenvalue weighted by atomic mass is 10.3. The first-order valence-electron chi connectivity index (χ1n) is 3.84. The Kier molecular flexibility index (Phi) is 5.06. The largest absolute Gasteiger partial charge is 0.466 e. The quantitative estimate of drug-likeness (QED) is 0.502. The first-order valence-corrected chi connectivity index (χ1v) is 4.83. The van der Waals surface area contributed by atoms with E-state index in [9.17, 15) is 4.79 Å². The number of carbonyl (C=O) groups is 1. The number of hydrogen-bond donors (Lipinski definition) is 0. The molecule has 0 spiro atoms. The molecule has 0 unspecified atom stereocenters. The third-order valence-electron chi connectivity index (χ3n) is 1.07. The summed E-state index contributed by atoms with van der Waals surface area (Å²) in [7, 11) is 1.38. The molecular formula is C9H16O2S. The molecule has 0 aromatic rings. The minimum atomic E-state index is -0.287. The van der Waals surface area contributed by atoms with E-state index in [1.165, 1.54) is 13.2 Å². The maximum atomic E-state index is 10.6. The van der Waals surface area contributed by atoms with Gasteiger partial charge in [0.05, 0.1) is 7.11 Å². The molecule has 0 aliphatic heterocycles. The van der Waals surface area contributed by atoms with Crippen LogP contribution in [0.3, 0.4) is 0 Å². The van der Waals surface area contributed by atoms with Gasteiger partial charge in [0.2, 0.25) is 0 Å². The van der Waals surface area contributed by atoms with Gasteiger partial charge in [0.15, 0.2) is 0 Å². The van der Waals surface area contributed by atoms with Crippen LogP contribution in [-0.2, 0) is 9.53 Å². The molecule has 2 nitrogen and oxygen atoms in total. The Morgan fingerprint density at radius 3 is 2.50 bits per heavy atom. The number of hydrogen-bond acceptors (Lipinski definition) is 3. The number of ether oxygens (including phenoxy) is 1. The zero-order valence-electron chi connectivity index (χ0n) is 8.09. The highest BCUT2D eigenvalue weighted by Gasteiger charge is 2.08. The van der Waals surface area contributed by atoms with E-state index < -0.39 is 0 Å². The van der Waals surface area contributed by atoms with E-state index in [1.54, 1.807) is 11.8 Å². The summed E-state index contributed by atoms with van der Waals surface area (Å²) in [6.45, 7) is 6.43. The third-order valence-corrected chi connectivity index (χ3v) is 2.29. The molecule has 0 aliphatic rings. The Balaban J connectivity index is 3.56. The lowest BCUT2D eigenvalue weighted by Gasteiger charge is -2.15. The van der Waals surface area contributed by atoms with E-state index in [2.05, 4.69) is 25.5 Å². The van der Waals surface area contributed by atoms with Crippen molar-refractivity contribution in [2.75, 3.05) is 12.9 Å². The van der Waals surface area contributed by atoms with Crippen LogP contribution in [0.15, 0.2) is 12.2 Å². The van der Waals surface area contributed by atoms with Crippen molar-refractivity contribution >= 4 is 17.7 Å². The van der Waals surface area contributed by atoms with Gasteiger partial charge in [-0.25, -0.2) is 4.79 Å². The van der Waals surface area contributed by atoms with E-state index >= 15 is 0 Å². The highest BCUT2D eigenvalue weighted by atomic mass is 32.2. The van der Waals surface area contributed by atoms with E-state index in [-0.39, 0.29) is 10.7 Å². The van der Waals surface area contributed by atoms with Crippen molar-refractivity contribution in [1.82, 2.24) is 0 Å². The lowest BCUT2D eigenvalue weighted by molar-refractivity contribution is -0.134. The van der Waals surface area contributed by atoms with Crippen molar-refractivity contribution in [3.8, 4) is 0 Å². The SMILES string of the molecule is COC(=O)/C=C/CSC(C)(C)C. The van der Waals surface area contributed by atoms with Crippen molar-refractivity contribution in [3.05, 3.63) is 12.2 Å². The summed E-state index contributed by atoms with van der Waals surface area (Å²) in [6, 6.07) is 0. The Hall–Kier alpha value is -0.440. The van der Waals surface area contributed by atoms with E-state index in [1.807, 2.05) is 6.08 Å². The van der Waals surface area contributed by atoms with Crippen LogP contribution >= 0.6 is 11.8 Å². The maximum Gasteiger partial charge on any atom is 0.330 e. The predicted octanol–water partition coefficient (Wildman–Crippen LogP) is 2.25. The smallest absolute Gasteiger partial charge is 0.330 e. The van der Waals surface area contributed by atoms with Crippen molar-refractivity contribution in [2.45, 2.75) is 25.5 Å². The van der Waals surface area contributed by atoms with Crippen LogP contribution in [0.5, 0.6) is 0 Å². The molecule has 12 heavy (non-hydrogen) atoms. The van der Waals surface area contributed by atoms with E-state index in [0.29, 0.717) is 0 Å². The summed E-state index contributed by atoms with van der Waals surface area (Å²) in [5.41, 5.74) is 0. The predicted molar refractivity (Wildman–Crippen MR) is 53.4 cm³/mol. The molecule has 0 radical (unpaired) electrons. The molecule has 0 heterocycles. The van der Waals surface area contributed by atoms with Gasteiger partial charge in [-0.2, -0.15) is 11.8 Å². The number of methoxy groups -OCH3 is 1. The standard InChI is InChI=1S/C9H16O2S/c1-9(2,3)12-7-5-6-8(10)11-4/h5-6H,7H2,1-4H3/b6-5+. The van der Waals surface area contributed by atoms with Crippen LogP contribution in [-0.4, -0.2) is 23.6 Å². The lowest BCUT2D eigenvalue weighted by Crippen LogP contribution is -2.07. The van der Waals surface area contributed by atoms with Gasteiger partial charge >= 0.3 is 5.97 Å². The molecular weight excluding hydrogens is 172 g/mol. The van der Waals surface area contributed by atoms with Gasteiger partial charge in [0.1, 0.15) is 0 Å². The average molecular weight is 188 g/mol. The van der Waals surface area contributed by atoms with Crippen LogP contribution < -0.4 is 0 Å². The fraction of sp³-hybridized carbons (Fsp3) is 0.667. The van der Waals surface area contributed by atoms with Gasteiger partial charge < -0.3 is 4.74 Å². The molecule has 0 saturated carbocycles. The van der Waals surface area contributed by atoms with E-state index in [0.717, 1.165) is 5.75 Å². The summed E-state index contributed by atoms with van der Waals surface area (Å²) in [5.74, 6) is 0.558. The zero-order chi connectivity index (χ0) is 9.61. The summed E-state index contributed by atoms with van der Waals surface area (Å²) >= 11 is 1.79. The van der Waals surface area contributed by atoms with Gasteiger partial charge in [-0.1, -0.05) is 26.8 Å². The van der Waals surface area contributed by atoms with E-state index in [4.69, 9.17) is 0 Å². The Bertz CT molecular complexity index is 168.